The number of nitrogens with one attached hydrogen (secondary N) is 5. The van der Waals surface area contributed by atoms with Crippen LogP contribution in [0.1, 0.15) is 68.1 Å². The molecule has 4 bridgehead atoms. The molecule has 14 atom stereocenters. The number of ether oxygens (including phenoxy) is 8. The molecule has 13 aromatic carbocycles. The zero-order chi connectivity index (χ0) is 92.9. The van der Waals surface area contributed by atoms with Gasteiger partial charge in [-0.15, -0.1) is 0 Å². The number of carbonyl (C=O) groups excluding carboxylic acids is 2. The van der Waals surface area contributed by atoms with Crippen LogP contribution in [0.2, 0.25) is 0 Å². The molecule has 36 heteroatoms. The molecule has 0 aliphatic carbocycles. The van der Waals surface area contributed by atoms with Crippen molar-refractivity contribution in [3.05, 3.63) is 290 Å². The first kappa shape index (κ1) is 89.3. The topological polar surface area (TPSA) is 439 Å². The highest BCUT2D eigenvalue weighted by molar-refractivity contribution is 7.52. The molecule has 5 aliphatic rings. The van der Waals surface area contributed by atoms with Crippen molar-refractivity contribution in [1.82, 2.24) is 39.3 Å². The predicted molar refractivity (Wildman–Crippen MR) is 495 cm³/mol. The van der Waals surface area contributed by atoms with Crippen LogP contribution < -0.4 is 49.3 Å². The van der Waals surface area contributed by atoms with Crippen molar-refractivity contribution in [2.24, 2.45) is 0 Å². The van der Waals surface area contributed by atoms with E-state index in [1.165, 1.54) is 55.3 Å². The summed E-state index contributed by atoms with van der Waals surface area (Å²) < 4.78 is 101. The number of carbonyl (C=O) groups is 2. The van der Waals surface area contributed by atoms with E-state index in [2.05, 4.69) is 134 Å². The lowest BCUT2D eigenvalue weighted by atomic mass is 9.88. The van der Waals surface area contributed by atoms with E-state index in [1.807, 2.05) is 91.0 Å². The minimum atomic E-state index is -4.21. The minimum absolute atomic E-state index is 0.000527. The molecule has 21 rings (SSSR count). The van der Waals surface area contributed by atoms with Gasteiger partial charge in [0.25, 0.3) is 28.5 Å². The number of H-pyrrole nitrogens is 3. The van der Waals surface area contributed by atoms with Crippen LogP contribution in [0, 0.1) is 35.5 Å². The Hall–Kier alpha value is -13.0. The first-order valence-electron chi connectivity index (χ1n) is 42.1. The fourth-order valence-electron chi connectivity index (χ4n) is 19.0. The summed E-state index contributed by atoms with van der Waals surface area (Å²) in [5, 5.41) is 27.0. The second-order valence-electron chi connectivity index (χ2n) is 33.3. The number of hydrogen-bond donors (Lipinski definition) is 7. The van der Waals surface area contributed by atoms with Gasteiger partial charge in [0, 0.05) is 83.0 Å². The molecule has 5 unspecified atom stereocenters. The molecule has 0 radical (unpaired) electrons. The molecular weight excluding hydrogens is 1770 g/mol. The molecular formula is C97H82N8O25P3-. The largest absolute Gasteiger partial charge is 0.779 e. The van der Waals surface area contributed by atoms with Crippen LogP contribution in [0.15, 0.2) is 223 Å². The highest BCUT2D eigenvalue weighted by atomic mass is 31.2. The third kappa shape index (κ3) is 16.9. The Balaban J connectivity index is 0.000000129. The van der Waals surface area contributed by atoms with Crippen LogP contribution in [-0.4, -0.2) is 186 Å². The lowest BCUT2D eigenvalue weighted by molar-refractivity contribution is -0.208. The molecule has 676 valence electrons. The maximum Gasteiger partial charge on any atom is 0.330 e. The Bertz CT molecular complexity index is 8120. The quantitative estimate of drug-likeness (QED) is 0.0171. The van der Waals surface area contributed by atoms with Crippen LogP contribution in [0.25, 0.3) is 108 Å². The Morgan fingerprint density at radius 1 is 0.451 bits per heavy atom. The number of hydrogen-bond acceptors (Lipinski definition) is 23. The van der Waals surface area contributed by atoms with Gasteiger partial charge in [0.05, 0.1) is 52.2 Å². The maximum atomic E-state index is 13.2. The van der Waals surface area contributed by atoms with Crippen molar-refractivity contribution in [2.45, 2.75) is 72.9 Å². The average molecular weight is 1850 g/mol. The average Bonchev–Trinajstić information content (AvgIpc) is 1.45. The van der Waals surface area contributed by atoms with Gasteiger partial charge in [-0.05, 0) is 126 Å². The maximum absolute atomic E-state index is 13.2. The van der Waals surface area contributed by atoms with Crippen molar-refractivity contribution in [2.75, 3.05) is 87.4 Å². The zero-order valence-corrected chi connectivity index (χ0v) is 74.5. The molecule has 7 N–H and O–H groups in total. The number of methoxy groups -OCH3 is 3. The number of aromatic amines is 3. The van der Waals surface area contributed by atoms with E-state index in [0.717, 1.165) is 132 Å². The molecule has 0 spiro atoms. The molecule has 133 heavy (non-hydrogen) atoms. The fraction of sp³-hybridized carbons (Fsp3) is 0.258. The minimum Gasteiger partial charge on any atom is -0.779 e. The second-order valence-corrected chi connectivity index (χ2v) is 38.7. The van der Waals surface area contributed by atoms with E-state index in [4.69, 9.17) is 51.5 Å². The van der Waals surface area contributed by atoms with Gasteiger partial charge in [-0.3, -0.25) is 66.3 Å². The summed E-state index contributed by atoms with van der Waals surface area (Å²) in [4.78, 5) is 141. The van der Waals surface area contributed by atoms with Crippen molar-refractivity contribution < 1.29 is 89.4 Å². The van der Waals surface area contributed by atoms with E-state index in [0.29, 0.717) is 11.1 Å². The van der Waals surface area contributed by atoms with Crippen LogP contribution in [0.3, 0.4) is 0 Å². The molecule has 16 aromatic rings. The lowest BCUT2D eigenvalue weighted by Crippen LogP contribution is -2.46. The Kier molecular flexibility index (Phi) is 23.6. The second kappa shape index (κ2) is 35.2. The fourth-order valence-corrected chi connectivity index (χ4v) is 21.2. The monoisotopic (exact) mass is 1850 g/mol. The third-order valence-electron chi connectivity index (χ3n) is 24.5. The van der Waals surface area contributed by atoms with Crippen LogP contribution >= 0.6 is 22.8 Å². The van der Waals surface area contributed by atoms with Crippen molar-refractivity contribution in [3.63, 3.8) is 0 Å². The van der Waals surface area contributed by atoms with Gasteiger partial charge in [0.2, 0.25) is 0 Å². The number of aromatic nitrogens is 6. The number of benzene rings is 13. The van der Waals surface area contributed by atoms with Crippen molar-refractivity contribution >= 4 is 142 Å². The third-order valence-corrected chi connectivity index (χ3v) is 26.4. The highest BCUT2D eigenvalue weighted by Gasteiger charge is 2.66. The van der Waals surface area contributed by atoms with E-state index >= 15 is 0 Å². The number of nitrogens with zero attached hydrogens (tertiary/aromatic N) is 3. The summed E-state index contributed by atoms with van der Waals surface area (Å²) >= 11 is 0. The van der Waals surface area contributed by atoms with E-state index < -0.39 is 123 Å². The van der Waals surface area contributed by atoms with Crippen LogP contribution in [-0.2, 0) is 65.2 Å². The Labute approximate surface area is 753 Å². The van der Waals surface area contributed by atoms with Gasteiger partial charge in [0.1, 0.15) is 72.2 Å². The molecule has 2 amide bonds. The van der Waals surface area contributed by atoms with Crippen LogP contribution in [0.5, 0.6) is 0 Å². The summed E-state index contributed by atoms with van der Waals surface area (Å²) in [6.07, 6.45) is -4.65. The number of fused-ring (bicyclic) bond motifs is 6. The van der Waals surface area contributed by atoms with E-state index in [1.54, 1.807) is 12.1 Å². The van der Waals surface area contributed by atoms with Gasteiger partial charge in [0.15, 0.2) is 12.5 Å². The lowest BCUT2D eigenvalue weighted by Gasteiger charge is -2.32. The normalized spacial score (nSPS) is 22.6. The van der Waals surface area contributed by atoms with Gasteiger partial charge in [-0.1, -0.05) is 193 Å². The predicted octanol–water partition coefficient (Wildman–Crippen LogP) is 9.95. The Morgan fingerprint density at radius 2 is 0.835 bits per heavy atom. The SMILES string of the molecule is COC[C@@]12COC([C@H](n3cc(C#Cc4ccc5c6cccc7cccc(c8cccc4c85)c76)c(=O)[nH]c3=O)O1)[C@H]2OP(C)(=O)O.COC[C@@]12CO[C@H](C1OP(C)(=O)[O-])[C@H](n1cc(C#CCNC(=O)c3ccc4ccc5cccc6ccc3c4c56)c(=O)[nH]c1=O)O2.COC[C@H]1O[C@@H](n2cc(C#CCNC(=O)c3ccc4ccc5cccc6ccc3c4c56)c(=O)[nH]c2=O)C[C@H]1OP(C)(=O)O. The van der Waals surface area contributed by atoms with Crippen molar-refractivity contribution in [3.8, 4) is 35.5 Å². The van der Waals surface area contributed by atoms with E-state index in [-0.39, 0.29) is 81.0 Å². The molecule has 3 aromatic heterocycles. The summed E-state index contributed by atoms with van der Waals surface area (Å²) in [7, 11) is -7.67. The summed E-state index contributed by atoms with van der Waals surface area (Å²) in [6, 6.07) is 58.6. The van der Waals surface area contributed by atoms with E-state index in [9.17, 15) is 66.7 Å². The van der Waals surface area contributed by atoms with Gasteiger partial charge < -0.3 is 76.8 Å². The summed E-state index contributed by atoms with van der Waals surface area (Å²) in [5.74, 6) is 16.5. The smallest absolute Gasteiger partial charge is 0.330 e. The van der Waals surface area contributed by atoms with Crippen molar-refractivity contribution in [1.29, 1.82) is 0 Å². The van der Waals surface area contributed by atoms with Gasteiger partial charge in [-0.2, -0.15) is 0 Å². The first-order chi connectivity index (χ1) is 63.9. The summed E-state index contributed by atoms with van der Waals surface area (Å²) in [6.45, 7) is 2.99. The molecule has 8 heterocycles. The molecule has 5 fully saturated rings. The first-order valence-corrected chi connectivity index (χ1v) is 48.1. The molecule has 0 saturated carbocycles. The molecule has 33 nitrogen and oxygen atoms in total. The standard InChI is InChI=1S/C34H27N2O8P.C32H28N3O9P.C31H28N3O8P/c1-41-17-34-18-42-29(30(34)44-45(2,39)40)32(43-34)36-16-21(31(37)35-33(36)38)13-12-19-14-15-26-24-10-4-7-20-6-3-9-23(27(20)24)25-11-5-8-22(19)28(25)26;1-41-16-32-17-42-26(27(32)44-45(2,39)40)30(43-32)35-15-21(28(36)34-31(35)38)7-4-14-33-29(37)23-13-11-20-9-8-18-5-3-6-19-10-12-22(23)25(20)24(18)19;1-40-17-25-24(42-43(2,38)39)15-26(41-25)34-16-21(29(35)33-31(34)37)7-4-14-32-30(36)23-13-11-20-9-8-18-5-3-6-19-10-12-22(23)28(20)27(18)19/h3-11,14-16,29-30,32H,17-18H2,1-2H3,(H,39,40)(H,35,37,38);3,5-6,8-13,15,26-27,30H,14,16-17H2,1-2H3,(H,33,37)(H,39,40)(H,34,36,38);3,5-6,8-13,16,24-26H,14-15,17H2,1-2H3,(H,32,36)(H,38,39)(H,33,35,37)/p-1/t29?,30-,32-,34+;26-,27?,30-,32-;24-,25-,26-/m111/s1. The zero-order valence-electron chi connectivity index (χ0n) is 71.8. The summed E-state index contributed by atoms with van der Waals surface area (Å²) in [5.41, 5.74) is -5.15. The highest BCUT2D eigenvalue weighted by Crippen LogP contribution is 2.55. The number of rotatable bonds is 19. The Morgan fingerprint density at radius 3 is 1.30 bits per heavy atom. The molecule has 5 saturated heterocycles. The number of amides is 2. The molecule has 5 aliphatic heterocycles. The van der Waals surface area contributed by atoms with Crippen LogP contribution in [0.4, 0.5) is 0 Å². The van der Waals surface area contributed by atoms with Gasteiger partial charge >= 0.3 is 32.3 Å². The van der Waals surface area contributed by atoms with Gasteiger partial charge in [-0.25, -0.2) is 14.4 Å².